The van der Waals surface area contributed by atoms with E-state index in [1.165, 1.54) is 4.90 Å². The monoisotopic (exact) mass is 478 g/mol. The van der Waals surface area contributed by atoms with Crippen LogP contribution in [0.2, 0.25) is 0 Å². The fraction of sp³-hybridized carbons (Fsp3) is 0.458. The van der Waals surface area contributed by atoms with Crippen LogP contribution in [0.4, 0.5) is 17.2 Å². The van der Waals surface area contributed by atoms with E-state index >= 15 is 0 Å². The van der Waals surface area contributed by atoms with Crippen molar-refractivity contribution in [3.8, 4) is 0 Å². The Bertz CT molecular complexity index is 1170. The Balaban J connectivity index is 1.09. The zero-order chi connectivity index (χ0) is 24.2. The molecule has 0 aliphatic carbocycles. The number of nitrogens with zero attached hydrogens (tertiary/aromatic N) is 7. The SMILES string of the molecule is CN(CC(=O)Nc1ccc(N2CCOCC2)cc1)C(=O)C1CCN(c2ccc3nncn3n2)CC1. The first kappa shape index (κ1) is 23.0. The number of fused-ring (bicyclic) bond motifs is 1. The first-order chi connectivity index (χ1) is 17.1. The maximum absolute atomic E-state index is 13.0. The molecule has 11 nitrogen and oxygen atoms in total. The standard InChI is InChI=1S/C24H30N8O3/c1-29(16-23(33)26-19-2-4-20(5-3-19)30-12-14-35-15-13-30)24(34)18-8-10-31(11-9-18)22-7-6-21-27-25-17-32(21)28-22/h2-7,17-18H,8-16H2,1H3,(H,26,33). The van der Waals surface area contributed by atoms with Gasteiger partial charge < -0.3 is 24.8 Å². The molecule has 5 rings (SSSR count). The zero-order valence-corrected chi connectivity index (χ0v) is 19.8. The Kier molecular flexibility index (Phi) is 6.75. The van der Waals surface area contributed by atoms with Crippen molar-refractivity contribution < 1.29 is 14.3 Å². The van der Waals surface area contributed by atoms with Gasteiger partial charge in [-0.2, -0.15) is 4.52 Å². The second-order valence-corrected chi connectivity index (χ2v) is 8.98. The fourth-order valence-corrected chi connectivity index (χ4v) is 4.63. The first-order valence-electron chi connectivity index (χ1n) is 12.0. The maximum Gasteiger partial charge on any atom is 0.243 e. The van der Waals surface area contributed by atoms with Crippen LogP contribution in [0.15, 0.2) is 42.7 Å². The molecule has 0 spiro atoms. The highest BCUT2D eigenvalue weighted by molar-refractivity contribution is 5.95. The zero-order valence-electron chi connectivity index (χ0n) is 19.8. The molecule has 0 saturated carbocycles. The number of hydrogen-bond donors (Lipinski definition) is 1. The third-order valence-electron chi connectivity index (χ3n) is 6.60. The van der Waals surface area contributed by atoms with Gasteiger partial charge >= 0.3 is 0 Å². The van der Waals surface area contributed by atoms with Gasteiger partial charge in [0.1, 0.15) is 12.1 Å². The summed E-state index contributed by atoms with van der Waals surface area (Å²) in [6, 6.07) is 11.6. The molecule has 1 N–H and O–H groups in total. The third kappa shape index (κ3) is 5.35. The van der Waals surface area contributed by atoms with E-state index in [0.29, 0.717) is 5.65 Å². The number of rotatable bonds is 6. The molecule has 11 heteroatoms. The van der Waals surface area contributed by atoms with Gasteiger partial charge in [0.15, 0.2) is 5.65 Å². The van der Waals surface area contributed by atoms with Crippen LogP contribution < -0.4 is 15.1 Å². The normalized spacial score (nSPS) is 16.9. The van der Waals surface area contributed by atoms with E-state index in [1.807, 2.05) is 36.4 Å². The third-order valence-corrected chi connectivity index (χ3v) is 6.60. The molecule has 1 aromatic carbocycles. The number of likely N-dealkylation sites (N-methyl/N-ethyl adjacent to an activating group) is 1. The van der Waals surface area contributed by atoms with Crippen LogP contribution in [0.25, 0.3) is 5.65 Å². The molecule has 35 heavy (non-hydrogen) atoms. The van der Waals surface area contributed by atoms with Gasteiger partial charge in [-0.05, 0) is 49.2 Å². The average molecular weight is 479 g/mol. The molecule has 2 aliphatic heterocycles. The number of benzene rings is 1. The van der Waals surface area contributed by atoms with Crippen LogP contribution in [-0.4, -0.2) is 89.5 Å². The van der Waals surface area contributed by atoms with E-state index in [1.54, 1.807) is 17.9 Å². The van der Waals surface area contributed by atoms with Crippen LogP contribution in [0.5, 0.6) is 0 Å². The van der Waals surface area contributed by atoms with Gasteiger partial charge in [-0.3, -0.25) is 9.59 Å². The molecule has 2 aliphatic rings. The highest BCUT2D eigenvalue weighted by atomic mass is 16.5. The van der Waals surface area contributed by atoms with Gasteiger partial charge in [-0.1, -0.05) is 0 Å². The molecule has 2 saturated heterocycles. The number of morpholine rings is 1. The molecule has 0 bridgehead atoms. The fourth-order valence-electron chi connectivity index (χ4n) is 4.63. The molecule has 0 radical (unpaired) electrons. The Morgan fingerprint density at radius 3 is 2.51 bits per heavy atom. The molecule has 4 heterocycles. The van der Waals surface area contributed by atoms with Gasteiger partial charge in [0, 0.05) is 50.5 Å². The van der Waals surface area contributed by atoms with Crippen molar-refractivity contribution in [1.82, 2.24) is 24.7 Å². The van der Waals surface area contributed by atoms with Crippen LogP contribution >= 0.6 is 0 Å². The molecular weight excluding hydrogens is 448 g/mol. The van der Waals surface area contributed by atoms with Crippen LogP contribution in [-0.2, 0) is 14.3 Å². The van der Waals surface area contributed by atoms with Crippen LogP contribution in [0.1, 0.15) is 12.8 Å². The lowest BCUT2D eigenvalue weighted by molar-refractivity contribution is -0.137. The molecule has 184 valence electrons. The van der Waals surface area contributed by atoms with E-state index in [2.05, 4.69) is 30.4 Å². The minimum atomic E-state index is -0.205. The number of hydrogen-bond acceptors (Lipinski definition) is 8. The van der Waals surface area contributed by atoms with Crippen molar-refractivity contribution >= 4 is 34.7 Å². The summed E-state index contributed by atoms with van der Waals surface area (Å²) in [5, 5.41) is 15.3. The Labute approximate surface area is 203 Å². The Morgan fingerprint density at radius 2 is 1.77 bits per heavy atom. The van der Waals surface area contributed by atoms with Crippen LogP contribution in [0.3, 0.4) is 0 Å². The first-order valence-corrected chi connectivity index (χ1v) is 12.0. The van der Waals surface area contributed by atoms with Crippen molar-refractivity contribution in [3.63, 3.8) is 0 Å². The summed E-state index contributed by atoms with van der Waals surface area (Å²) in [6.45, 7) is 4.67. The second-order valence-electron chi connectivity index (χ2n) is 8.98. The lowest BCUT2D eigenvalue weighted by atomic mass is 9.95. The number of carbonyl (C=O) groups excluding carboxylic acids is 2. The molecule has 2 fully saturated rings. The van der Waals surface area contributed by atoms with E-state index < -0.39 is 0 Å². The van der Waals surface area contributed by atoms with Crippen LogP contribution in [0, 0.1) is 5.92 Å². The van der Waals surface area contributed by atoms with E-state index in [9.17, 15) is 9.59 Å². The summed E-state index contributed by atoms with van der Waals surface area (Å²) >= 11 is 0. The summed E-state index contributed by atoms with van der Waals surface area (Å²) in [7, 11) is 1.69. The number of nitrogens with one attached hydrogen (secondary N) is 1. The van der Waals surface area contributed by atoms with E-state index in [-0.39, 0.29) is 24.3 Å². The molecular formula is C24H30N8O3. The number of ether oxygens (including phenoxy) is 1. The summed E-state index contributed by atoms with van der Waals surface area (Å²) < 4.78 is 7.04. The van der Waals surface area contributed by atoms with Crippen molar-refractivity contribution in [1.29, 1.82) is 0 Å². The topological polar surface area (TPSA) is 108 Å². The van der Waals surface area contributed by atoms with E-state index in [0.717, 1.165) is 69.4 Å². The average Bonchev–Trinajstić information content (AvgIpc) is 3.37. The summed E-state index contributed by atoms with van der Waals surface area (Å²) in [6.07, 6.45) is 3.01. The maximum atomic E-state index is 13.0. The molecule has 2 aromatic heterocycles. The van der Waals surface area contributed by atoms with Gasteiger partial charge in [-0.15, -0.1) is 15.3 Å². The predicted molar refractivity (Wildman–Crippen MR) is 131 cm³/mol. The Hall–Kier alpha value is -3.73. The smallest absolute Gasteiger partial charge is 0.243 e. The van der Waals surface area contributed by atoms with E-state index in [4.69, 9.17) is 4.74 Å². The second kappa shape index (κ2) is 10.3. The molecule has 3 aromatic rings. The lowest BCUT2D eigenvalue weighted by Crippen LogP contribution is -2.43. The van der Waals surface area contributed by atoms with Gasteiger partial charge in [-0.25, -0.2) is 0 Å². The molecule has 0 atom stereocenters. The minimum absolute atomic E-state index is 0.00434. The highest BCUT2D eigenvalue weighted by Crippen LogP contribution is 2.23. The van der Waals surface area contributed by atoms with Crippen molar-refractivity contribution in [2.45, 2.75) is 12.8 Å². The number of aromatic nitrogens is 4. The van der Waals surface area contributed by atoms with Gasteiger partial charge in [0.2, 0.25) is 11.8 Å². The number of piperidine rings is 1. The van der Waals surface area contributed by atoms with Crippen molar-refractivity contribution in [3.05, 3.63) is 42.7 Å². The highest BCUT2D eigenvalue weighted by Gasteiger charge is 2.28. The quantitative estimate of drug-likeness (QED) is 0.565. The predicted octanol–water partition coefficient (Wildman–Crippen LogP) is 1.27. The van der Waals surface area contributed by atoms with Crippen molar-refractivity contribution in [2.24, 2.45) is 5.92 Å². The largest absolute Gasteiger partial charge is 0.378 e. The van der Waals surface area contributed by atoms with Crippen molar-refractivity contribution in [2.75, 3.05) is 68.1 Å². The summed E-state index contributed by atoms with van der Waals surface area (Å²) in [4.78, 5) is 31.5. The Morgan fingerprint density at radius 1 is 1.03 bits per heavy atom. The number of amides is 2. The molecule has 0 unspecified atom stereocenters. The van der Waals surface area contributed by atoms with Gasteiger partial charge in [0.25, 0.3) is 0 Å². The summed E-state index contributed by atoms with van der Waals surface area (Å²) in [5.41, 5.74) is 2.53. The lowest BCUT2D eigenvalue weighted by Gasteiger charge is -2.33. The summed E-state index contributed by atoms with van der Waals surface area (Å²) in [5.74, 6) is 0.541. The number of anilines is 3. The molecule has 2 amide bonds. The minimum Gasteiger partial charge on any atom is -0.378 e. The van der Waals surface area contributed by atoms with Gasteiger partial charge in [0.05, 0.1) is 19.8 Å². The number of carbonyl (C=O) groups is 2.